The van der Waals surface area contributed by atoms with Crippen molar-refractivity contribution in [3.05, 3.63) is 46.5 Å². The first-order valence-electron chi connectivity index (χ1n) is 3.27. The molecule has 0 spiro atoms. The summed E-state index contributed by atoms with van der Waals surface area (Å²) >= 11 is 11.4. The van der Waals surface area contributed by atoms with Crippen molar-refractivity contribution in [2.24, 2.45) is 0 Å². The van der Waals surface area contributed by atoms with Crippen molar-refractivity contribution >= 4 is 29.0 Å². The highest BCUT2D eigenvalue weighted by molar-refractivity contribution is 6.36. The molecular formula is C9H6Cl2O. The molecule has 0 saturated heterocycles. The minimum atomic E-state index is -0.220. The van der Waals surface area contributed by atoms with E-state index in [-0.39, 0.29) is 5.78 Å². The summed E-state index contributed by atoms with van der Waals surface area (Å²) in [4.78, 5) is 11.1. The van der Waals surface area contributed by atoms with E-state index in [1.165, 1.54) is 12.1 Å². The zero-order valence-electron chi connectivity index (χ0n) is 6.18. The first kappa shape index (κ1) is 9.30. The second-order valence-corrected chi connectivity index (χ2v) is 3.04. The number of halogens is 2. The molecule has 0 saturated carbocycles. The molecule has 1 aromatic rings. The van der Waals surface area contributed by atoms with Gasteiger partial charge in [0.2, 0.25) is 0 Å². The first-order chi connectivity index (χ1) is 5.65. The van der Waals surface area contributed by atoms with E-state index in [1.807, 2.05) is 0 Å². The highest BCUT2D eigenvalue weighted by Gasteiger charge is 2.06. The highest BCUT2D eigenvalue weighted by Crippen LogP contribution is 2.20. The lowest BCUT2D eigenvalue weighted by molar-refractivity contribution is 0.104. The van der Waals surface area contributed by atoms with Crippen molar-refractivity contribution < 1.29 is 4.79 Å². The Bertz CT molecular complexity index is 331. The van der Waals surface area contributed by atoms with Gasteiger partial charge < -0.3 is 0 Å². The van der Waals surface area contributed by atoms with Crippen LogP contribution in [0.25, 0.3) is 0 Å². The molecule has 0 atom stereocenters. The topological polar surface area (TPSA) is 17.1 Å². The Morgan fingerprint density at radius 1 is 1.42 bits per heavy atom. The van der Waals surface area contributed by atoms with Crippen LogP contribution in [0.15, 0.2) is 30.9 Å². The molecule has 3 heteroatoms. The number of carbonyl (C=O) groups excluding carboxylic acids is 1. The number of allylic oxidation sites excluding steroid dienone is 1. The van der Waals surface area contributed by atoms with Crippen LogP contribution in [-0.2, 0) is 0 Å². The second-order valence-electron chi connectivity index (χ2n) is 2.19. The molecule has 0 heterocycles. The van der Waals surface area contributed by atoms with E-state index >= 15 is 0 Å². The molecule has 0 fully saturated rings. The molecule has 1 rings (SSSR count). The van der Waals surface area contributed by atoms with Gasteiger partial charge in [-0.05, 0) is 24.3 Å². The smallest absolute Gasteiger partial charge is 0.186 e. The Morgan fingerprint density at radius 2 is 2.08 bits per heavy atom. The lowest BCUT2D eigenvalue weighted by Crippen LogP contribution is -1.94. The summed E-state index contributed by atoms with van der Waals surface area (Å²) in [7, 11) is 0. The summed E-state index contributed by atoms with van der Waals surface area (Å²) in [6, 6.07) is 4.73. The third-order valence-electron chi connectivity index (χ3n) is 1.38. The average Bonchev–Trinajstić information content (AvgIpc) is 2.08. The average molecular weight is 201 g/mol. The maximum absolute atomic E-state index is 11.1. The molecule has 0 aliphatic rings. The SMILES string of the molecule is C=CC(=O)c1cc(Cl)ccc1Cl. The van der Waals surface area contributed by atoms with Gasteiger partial charge in [0.25, 0.3) is 0 Å². The molecule has 0 N–H and O–H groups in total. The van der Waals surface area contributed by atoms with E-state index in [0.29, 0.717) is 15.6 Å². The van der Waals surface area contributed by atoms with Crippen molar-refractivity contribution in [3.63, 3.8) is 0 Å². The fraction of sp³-hybridized carbons (Fsp3) is 0. The minimum Gasteiger partial charge on any atom is -0.289 e. The van der Waals surface area contributed by atoms with Crippen LogP contribution in [-0.4, -0.2) is 5.78 Å². The largest absolute Gasteiger partial charge is 0.289 e. The van der Waals surface area contributed by atoms with E-state index in [1.54, 1.807) is 12.1 Å². The second kappa shape index (κ2) is 3.74. The Labute approximate surface area is 80.6 Å². The Hall–Kier alpha value is -0.790. The summed E-state index contributed by atoms with van der Waals surface area (Å²) in [5.41, 5.74) is 0.388. The maximum Gasteiger partial charge on any atom is 0.186 e. The third-order valence-corrected chi connectivity index (χ3v) is 1.94. The van der Waals surface area contributed by atoms with Crippen LogP contribution in [0.1, 0.15) is 10.4 Å². The van der Waals surface area contributed by atoms with E-state index in [4.69, 9.17) is 23.2 Å². The standard InChI is InChI=1S/C9H6Cl2O/c1-2-9(12)7-5-6(10)3-4-8(7)11/h2-5H,1H2. The zero-order valence-corrected chi connectivity index (χ0v) is 7.69. The molecule has 0 bridgehead atoms. The van der Waals surface area contributed by atoms with Gasteiger partial charge in [0, 0.05) is 10.6 Å². The van der Waals surface area contributed by atoms with Crippen LogP contribution in [0.3, 0.4) is 0 Å². The summed E-state index contributed by atoms with van der Waals surface area (Å²) in [5, 5.41) is 0.883. The molecule has 62 valence electrons. The van der Waals surface area contributed by atoms with Crippen LogP contribution in [0.5, 0.6) is 0 Å². The van der Waals surface area contributed by atoms with Gasteiger partial charge in [-0.1, -0.05) is 29.8 Å². The van der Waals surface area contributed by atoms with E-state index in [0.717, 1.165) is 0 Å². The predicted octanol–water partition coefficient (Wildman–Crippen LogP) is 3.36. The molecule has 0 unspecified atom stereocenters. The number of carbonyl (C=O) groups is 1. The van der Waals surface area contributed by atoms with Gasteiger partial charge in [0.1, 0.15) is 0 Å². The van der Waals surface area contributed by atoms with Gasteiger partial charge in [-0.3, -0.25) is 4.79 Å². The molecule has 1 nitrogen and oxygen atoms in total. The molecule has 0 aliphatic heterocycles. The monoisotopic (exact) mass is 200 g/mol. The van der Waals surface area contributed by atoms with Crippen molar-refractivity contribution in [3.8, 4) is 0 Å². The van der Waals surface area contributed by atoms with Crippen LogP contribution in [0, 0.1) is 0 Å². The van der Waals surface area contributed by atoms with Gasteiger partial charge in [-0.25, -0.2) is 0 Å². The van der Waals surface area contributed by atoms with E-state index in [2.05, 4.69) is 6.58 Å². The lowest BCUT2D eigenvalue weighted by atomic mass is 10.1. The number of ketones is 1. The Morgan fingerprint density at radius 3 is 2.67 bits per heavy atom. The van der Waals surface area contributed by atoms with Crippen LogP contribution < -0.4 is 0 Å². The molecule has 12 heavy (non-hydrogen) atoms. The van der Waals surface area contributed by atoms with E-state index < -0.39 is 0 Å². The Balaban J connectivity index is 3.22. The van der Waals surface area contributed by atoms with Gasteiger partial charge in [0.05, 0.1) is 5.02 Å². The highest BCUT2D eigenvalue weighted by atomic mass is 35.5. The van der Waals surface area contributed by atoms with Gasteiger partial charge in [0.15, 0.2) is 5.78 Å². The Kier molecular flexibility index (Phi) is 2.90. The van der Waals surface area contributed by atoms with Crippen LogP contribution in [0.2, 0.25) is 10.0 Å². The summed E-state index contributed by atoms with van der Waals surface area (Å²) in [6.07, 6.45) is 1.21. The van der Waals surface area contributed by atoms with Crippen molar-refractivity contribution in [1.82, 2.24) is 0 Å². The number of rotatable bonds is 2. The van der Waals surface area contributed by atoms with Crippen LogP contribution >= 0.6 is 23.2 Å². The number of benzene rings is 1. The summed E-state index contributed by atoms with van der Waals surface area (Å²) in [6.45, 7) is 3.36. The molecule has 0 amide bonds. The van der Waals surface area contributed by atoms with E-state index in [9.17, 15) is 4.79 Å². The fourth-order valence-electron chi connectivity index (χ4n) is 0.796. The molecular weight excluding hydrogens is 195 g/mol. The van der Waals surface area contributed by atoms with Crippen molar-refractivity contribution in [2.75, 3.05) is 0 Å². The van der Waals surface area contributed by atoms with Gasteiger partial charge in [-0.15, -0.1) is 0 Å². The minimum absolute atomic E-state index is 0.220. The molecule has 0 aromatic heterocycles. The fourth-order valence-corrected chi connectivity index (χ4v) is 1.18. The third kappa shape index (κ3) is 1.87. The van der Waals surface area contributed by atoms with Gasteiger partial charge >= 0.3 is 0 Å². The van der Waals surface area contributed by atoms with Crippen LogP contribution in [0.4, 0.5) is 0 Å². The maximum atomic E-state index is 11.1. The van der Waals surface area contributed by atoms with Gasteiger partial charge in [-0.2, -0.15) is 0 Å². The first-order valence-corrected chi connectivity index (χ1v) is 4.02. The quantitative estimate of drug-likeness (QED) is 0.529. The van der Waals surface area contributed by atoms with Crippen molar-refractivity contribution in [1.29, 1.82) is 0 Å². The number of hydrogen-bond donors (Lipinski definition) is 0. The molecule has 1 aromatic carbocycles. The van der Waals surface area contributed by atoms with Crippen molar-refractivity contribution in [2.45, 2.75) is 0 Å². The molecule has 0 aliphatic carbocycles. The lowest BCUT2D eigenvalue weighted by Gasteiger charge is -1.99. The summed E-state index contributed by atoms with van der Waals surface area (Å²) < 4.78 is 0. The number of hydrogen-bond acceptors (Lipinski definition) is 1. The molecule has 0 radical (unpaired) electrons. The summed E-state index contributed by atoms with van der Waals surface area (Å²) in [5.74, 6) is -0.220. The predicted molar refractivity (Wildman–Crippen MR) is 51.0 cm³/mol. The zero-order chi connectivity index (χ0) is 9.14. The normalized spacial score (nSPS) is 9.50.